The van der Waals surface area contributed by atoms with Crippen LogP contribution in [-0.4, -0.2) is 62.6 Å². The molecule has 0 unspecified atom stereocenters. The molecule has 0 amide bonds. The maximum atomic E-state index is 12.7. The van der Waals surface area contributed by atoms with Crippen molar-refractivity contribution in [1.29, 1.82) is 0 Å². The van der Waals surface area contributed by atoms with Crippen molar-refractivity contribution in [2.75, 3.05) is 20.3 Å². The van der Waals surface area contributed by atoms with Crippen LogP contribution in [0.15, 0.2) is 48.5 Å². The molecular formula is C23H22O9. The molecule has 2 aromatic rings. The molecule has 2 aliphatic heterocycles. The summed E-state index contributed by atoms with van der Waals surface area (Å²) in [4.78, 5) is 36.5. The Morgan fingerprint density at radius 2 is 1.53 bits per heavy atom. The molecule has 2 aliphatic rings. The van der Waals surface area contributed by atoms with Crippen molar-refractivity contribution >= 4 is 17.9 Å². The van der Waals surface area contributed by atoms with Crippen molar-refractivity contribution in [3.05, 3.63) is 59.7 Å². The molecule has 2 heterocycles. The first-order valence-corrected chi connectivity index (χ1v) is 10.0. The second-order valence-electron chi connectivity index (χ2n) is 7.31. The van der Waals surface area contributed by atoms with Crippen LogP contribution in [0.5, 0.6) is 11.5 Å². The van der Waals surface area contributed by atoms with Crippen LogP contribution < -0.4 is 9.47 Å². The summed E-state index contributed by atoms with van der Waals surface area (Å²) in [5.41, 5.74) is 0.459. The van der Waals surface area contributed by atoms with Crippen molar-refractivity contribution in [1.82, 2.24) is 0 Å². The Balaban J connectivity index is 1.39. The van der Waals surface area contributed by atoms with E-state index in [-0.39, 0.29) is 24.5 Å². The zero-order valence-corrected chi connectivity index (χ0v) is 17.5. The minimum atomic E-state index is -0.696. The Kier molecular flexibility index (Phi) is 6.38. The van der Waals surface area contributed by atoms with Crippen LogP contribution in [0.1, 0.15) is 27.6 Å². The molecule has 0 spiro atoms. The van der Waals surface area contributed by atoms with Gasteiger partial charge in [0, 0.05) is 6.92 Å². The molecule has 2 aromatic carbocycles. The molecular weight excluding hydrogens is 420 g/mol. The maximum Gasteiger partial charge on any atom is 0.342 e. The lowest BCUT2D eigenvalue weighted by atomic mass is 10.1. The Morgan fingerprint density at radius 1 is 0.875 bits per heavy atom. The zero-order chi connectivity index (χ0) is 22.7. The molecule has 168 valence electrons. The van der Waals surface area contributed by atoms with Gasteiger partial charge in [-0.25, -0.2) is 9.59 Å². The van der Waals surface area contributed by atoms with Crippen LogP contribution in [-0.2, 0) is 23.7 Å². The summed E-state index contributed by atoms with van der Waals surface area (Å²) in [5.74, 6) is -1.10. The predicted octanol–water partition coefficient (Wildman–Crippen LogP) is 2.17. The van der Waals surface area contributed by atoms with Crippen LogP contribution in [0.4, 0.5) is 0 Å². The molecule has 4 rings (SSSR count). The molecule has 2 fully saturated rings. The van der Waals surface area contributed by atoms with E-state index in [1.165, 1.54) is 26.2 Å². The Hall–Kier alpha value is -3.43. The first kappa shape index (κ1) is 21.8. The number of hydrogen-bond acceptors (Lipinski definition) is 9. The van der Waals surface area contributed by atoms with Crippen LogP contribution >= 0.6 is 0 Å². The van der Waals surface area contributed by atoms with E-state index < -0.39 is 42.3 Å². The number of para-hydroxylation sites is 1. The molecule has 0 aliphatic carbocycles. The summed E-state index contributed by atoms with van der Waals surface area (Å²) in [6.45, 7) is 1.45. The number of rotatable bonds is 6. The van der Waals surface area contributed by atoms with E-state index in [0.717, 1.165) is 0 Å². The van der Waals surface area contributed by atoms with E-state index >= 15 is 0 Å². The van der Waals surface area contributed by atoms with Gasteiger partial charge in [0.15, 0.2) is 12.2 Å². The number of carbonyl (C=O) groups excluding carboxylic acids is 3. The molecule has 9 heteroatoms. The minimum Gasteiger partial charge on any atom is -0.497 e. The molecule has 0 saturated carbocycles. The fourth-order valence-corrected chi connectivity index (χ4v) is 3.67. The third-order valence-electron chi connectivity index (χ3n) is 5.15. The number of hydrogen-bond donors (Lipinski definition) is 0. The smallest absolute Gasteiger partial charge is 0.342 e. The van der Waals surface area contributed by atoms with Crippen molar-refractivity contribution in [3.63, 3.8) is 0 Å². The standard InChI is InChI=1S/C23H22O9/c1-13(24)30-17-9-4-3-8-16(17)23(26)32-19-12-29-20-18(11-28-21(19)20)31-22(25)14-6-5-7-15(10-14)27-2/h3-10,18-21H,11-12H2,1-2H3/t18-,19+,20-,21-/m1/s1. The van der Waals surface area contributed by atoms with E-state index in [1.54, 1.807) is 36.4 Å². The molecule has 9 nitrogen and oxygen atoms in total. The SMILES string of the molecule is COc1cccc(C(=O)O[C@@H]2CO[C@H]3[C@@H]2OC[C@@H]3OC(=O)c2ccccc2OC(C)=O)c1. The fraction of sp³-hybridized carbons (Fsp3) is 0.348. The lowest BCUT2D eigenvalue weighted by Crippen LogP contribution is -2.36. The summed E-state index contributed by atoms with van der Waals surface area (Å²) < 4.78 is 32.8. The predicted molar refractivity (Wildman–Crippen MR) is 109 cm³/mol. The summed E-state index contributed by atoms with van der Waals surface area (Å²) in [7, 11) is 1.51. The number of ether oxygens (including phenoxy) is 6. The summed E-state index contributed by atoms with van der Waals surface area (Å²) in [6, 6.07) is 12.9. The minimum absolute atomic E-state index is 0.0873. The van der Waals surface area contributed by atoms with E-state index in [0.29, 0.717) is 11.3 Å². The Bertz CT molecular complexity index is 1020. The molecule has 32 heavy (non-hydrogen) atoms. The van der Waals surface area contributed by atoms with Gasteiger partial charge in [-0.05, 0) is 30.3 Å². The van der Waals surface area contributed by atoms with Crippen LogP contribution in [0.25, 0.3) is 0 Å². The quantitative estimate of drug-likeness (QED) is 0.491. The van der Waals surface area contributed by atoms with Gasteiger partial charge in [-0.1, -0.05) is 18.2 Å². The third kappa shape index (κ3) is 4.58. The molecule has 4 atom stereocenters. The van der Waals surface area contributed by atoms with Gasteiger partial charge in [-0.15, -0.1) is 0 Å². The van der Waals surface area contributed by atoms with Gasteiger partial charge in [-0.3, -0.25) is 4.79 Å². The number of methoxy groups -OCH3 is 1. The summed E-state index contributed by atoms with van der Waals surface area (Å²) in [5, 5.41) is 0. The van der Waals surface area contributed by atoms with Crippen LogP contribution in [0, 0.1) is 0 Å². The maximum absolute atomic E-state index is 12.7. The van der Waals surface area contributed by atoms with Gasteiger partial charge in [-0.2, -0.15) is 0 Å². The molecule has 0 N–H and O–H groups in total. The highest BCUT2D eigenvalue weighted by atomic mass is 16.7. The van der Waals surface area contributed by atoms with Crippen molar-refractivity contribution in [2.45, 2.75) is 31.3 Å². The first-order valence-electron chi connectivity index (χ1n) is 10.0. The van der Waals surface area contributed by atoms with E-state index in [4.69, 9.17) is 28.4 Å². The Morgan fingerprint density at radius 3 is 2.19 bits per heavy atom. The second kappa shape index (κ2) is 9.37. The van der Waals surface area contributed by atoms with Crippen LogP contribution in [0.2, 0.25) is 0 Å². The average Bonchev–Trinajstić information content (AvgIpc) is 3.37. The van der Waals surface area contributed by atoms with E-state index in [9.17, 15) is 14.4 Å². The number of esters is 3. The molecule has 0 radical (unpaired) electrons. The van der Waals surface area contributed by atoms with Gasteiger partial charge >= 0.3 is 17.9 Å². The second-order valence-corrected chi connectivity index (χ2v) is 7.31. The van der Waals surface area contributed by atoms with E-state index in [2.05, 4.69) is 0 Å². The average molecular weight is 442 g/mol. The summed E-state index contributed by atoms with van der Waals surface area (Å²) >= 11 is 0. The van der Waals surface area contributed by atoms with Gasteiger partial charge < -0.3 is 28.4 Å². The van der Waals surface area contributed by atoms with E-state index in [1.807, 2.05) is 0 Å². The Labute approximate surface area is 184 Å². The van der Waals surface area contributed by atoms with Crippen molar-refractivity contribution in [2.24, 2.45) is 0 Å². The number of fused-ring (bicyclic) bond motifs is 1. The fourth-order valence-electron chi connectivity index (χ4n) is 3.67. The van der Waals surface area contributed by atoms with Gasteiger partial charge in [0.2, 0.25) is 0 Å². The highest BCUT2D eigenvalue weighted by Gasteiger charge is 2.51. The third-order valence-corrected chi connectivity index (χ3v) is 5.15. The zero-order valence-electron chi connectivity index (χ0n) is 17.5. The van der Waals surface area contributed by atoms with Crippen LogP contribution in [0.3, 0.4) is 0 Å². The largest absolute Gasteiger partial charge is 0.497 e. The lowest BCUT2D eigenvalue weighted by Gasteiger charge is -2.18. The number of carbonyl (C=O) groups is 3. The van der Waals surface area contributed by atoms with Crippen molar-refractivity contribution < 1.29 is 42.8 Å². The topological polar surface area (TPSA) is 107 Å². The highest BCUT2D eigenvalue weighted by Crippen LogP contribution is 2.32. The summed E-state index contributed by atoms with van der Waals surface area (Å²) in [6.07, 6.45) is -2.48. The monoisotopic (exact) mass is 442 g/mol. The number of benzene rings is 2. The van der Waals surface area contributed by atoms with Crippen molar-refractivity contribution in [3.8, 4) is 11.5 Å². The molecule has 0 bridgehead atoms. The highest BCUT2D eigenvalue weighted by molar-refractivity contribution is 5.93. The lowest BCUT2D eigenvalue weighted by molar-refractivity contribution is -0.131. The first-order chi connectivity index (χ1) is 15.5. The van der Waals surface area contributed by atoms with Gasteiger partial charge in [0.25, 0.3) is 0 Å². The molecule has 0 aromatic heterocycles. The van der Waals surface area contributed by atoms with Gasteiger partial charge in [0.1, 0.15) is 29.3 Å². The van der Waals surface area contributed by atoms with Gasteiger partial charge in [0.05, 0.1) is 25.9 Å². The normalized spacial score (nSPS) is 23.8. The molecule has 2 saturated heterocycles.